The molecule has 2 N–H and O–H groups in total. The van der Waals surface area contributed by atoms with Gasteiger partial charge in [-0.25, -0.2) is 8.78 Å². The van der Waals surface area contributed by atoms with Gasteiger partial charge in [0.25, 0.3) is 0 Å². The summed E-state index contributed by atoms with van der Waals surface area (Å²) >= 11 is 1.43. The Morgan fingerprint density at radius 2 is 2.13 bits per heavy atom. The zero-order valence-corrected chi connectivity index (χ0v) is 12.6. The Bertz CT molecular complexity index is 745. The zero-order chi connectivity index (χ0) is 16.4. The normalized spacial score (nSPS) is 14.3. The first-order valence-electron chi connectivity index (χ1n) is 6.70. The van der Waals surface area contributed by atoms with Gasteiger partial charge in [-0.3, -0.25) is 14.7 Å². The summed E-state index contributed by atoms with van der Waals surface area (Å²) in [5.74, 6) is -1.01. The first-order chi connectivity index (χ1) is 11.0. The summed E-state index contributed by atoms with van der Waals surface area (Å²) in [4.78, 5) is 24.7. The smallest absolute Gasteiger partial charge is 0.245 e. The van der Waals surface area contributed by atoms with E-state index in [0.29, 0.717) is 11.6 Å². The predicted molar refractivity (Wildman–Crippen MR) is 81.6 cm³/mol. The number of carbonyl (C=O) groups is 2. The molecule has 0 bridgehead atoms. The van der Waals surface area contributed by atoms with Gasteiger partial charge in [0.1, 0.15) is 18.2 Å². The number of aromatic nitrogens is 2. The first-order valence-corrected chi connectivity index (χ1v) is 7.85. The lowest BCUT2D eigenvalue weighted by Crippen LogP contribution is -2.34. The number of aromatic amines is 1. The zero-order valence-electron chi connectivity index (χ0n) is 11.8. The van der Waals surface area contributed by atoms with Crippen molar-refractivity contribution < 1.29 is 18.4 Å². The van der Waals surface area contributed by atoms with E-state index >= 15 is 0 Å². The topological polar surface area (TPSA) is 78.1 Å². The van der Waals surface area contributed by atoms with E-state index in [9.17, 15) is 18.4 Å². The molecule has 1 aliphatic rings. The number of hydrogen-bond donors (Lipinski definition) is 2. The van der Waals surface area contributed by atoms with Crippen molar-refractivity contribution in [2.24, 2.45) is 0 Å². The third-order valence-corrected chi connectivity index (χ3v) is 4.18. The Kier molecular flexibility index (Phi) is 4.28. The van der Waals surface area contributed by atoms with Crippen LogP contribution in [0.2, 0.25) is 0 Å². The number of benzene rings is 1. The van der Waals surface area contributed by atoms with Crippen molar-refractivity contribution in [1.29, 1.82) is 0 Å². The molecule has 23 heavy (non-hydrogen) atoms. The van der Waals surface area contributed by atoms with Crippen LogP contribution < -0.4 is 5.32 Å². The molecule has 1 saturated heterocycles. The van der Waals surface area contributed by atoms with Gasteiger partial charge in [-0.15, -0.1) is 11.8 Å². The number of nitrogens with zero attached hydrogens (tertiary/aromatic N) is 2. The molecule has 0 saturated carbocycles. The lowest BCUT2D eigenvalue weighted by atomic mass is 10.1. The Balaban J connectivity index is 1.70. The number of rotatable bonds is 4. The fraction of sp³-hybridized carbons (Fsp3) is 0.214. The van der Waals surface area contributed by atoms with Crippen LogP contribution in [0.1, 0.15) is 0 Å². The maximum Gasteiger partial charge on any atom is 0.245 e. The van der Waals surface area contributed by atoms with Gasteiger partial charge in [0.15, 0.2) is 5.82 Å². The summed E-state index contributed by atoms with van der Waals surface area (Å²) in [5.41, 5.74) is -0.129. The van der Waals surface area contributed by atoms with E-state index in [1.54, 1.807) is 0 Å². The minimum atomic E-state index is -0.730. The number of nitrogens with one attached hydrogen (secondary N) is 2. The molecule has 0 spiro atoms. The lowest BCUT2D eigenvalue weighted by molar-refractivity contribution is -0.130. The largest absolute Gasteiger partial charge is 0.323 e. The lowest BCUT2D eigenvalue weighted by Gasteiger charge is -2.13. The molecule has 0 unspecified atom stereocenters. The monoisotopic (exact) mass is 338 g/mol. The molecule has 0 aliphatic carbocycles. The van der Waals surface area contributed by atoms with Gasteiger partial charge in [0, 0.05) is 6.07 Å². The number of hydrogen-bond acceptors (Lipinski definition) is 4. The molecule has 3 rings (SSSR count). The van der Waals surface area contributed by atoms with Crippen LogP contribution in [0.25, 0.3) is 11.3 Å². The van der Waals surface area contributed by atoms with Crippen molar-refractivity contribution >= 4 is 29.4 Å². The standard InChI is InChI=1S/C14H12F2N4O2S/c15-8-2-1-3-9(16)14(8)10-4-11(19-18-10)17-12(21)5-20-7-23-6-13(20)22/h1-4H,5-7H2,(H2,17,18,19,21). The second-order valence-corrected chi connectivity index (χ2v) is 5.84. The highest BCUT2D eigenvalue weighted by Crippen LogP contribution is 2.25. The van der Waals surface area contributed by atoms with Gasteiger partial charge < -0.3 is 10.2 Å². The third-order valence-electron chi connectivity index (χ3n) is 3.24. The van der Waals surface area contributed by atoms with Crippen molar-refractivity contribution in [3.8, 4) is 11.3 Å². The minimum Gasteiger partial charge on any atom is -0.323 e. The van der Waals surface area contributed by atoms with E-state index < -0.39 is 17.5 Å². The van der Waals surface area contributed by atoms with Gasteiger partial charge in [0.05, 0.1) is 22.9 Å². The average Bonchev–Trinajstić information content (AvgIpc) is 3.09. The summed E-state index contributed by atoms with van der Waals surface area (Å²) in [6.07, 6.45) is 0. The molecular formula is C14H12F2N4O2S. The quantitative estimate of drug-likeness (QED) is 0.891. The van der Waals surface area contributed by atoms with Gasteiger partial charge in [0.2, 0.25) is 11.8 Å². The molecule has 1 aromatic heterocycles. The second kappa shape index (κ2) is 6.37. The van der Waals surface area contributed by atoms with Crippen LogP contribution in [0.15, 0.2) is 24.3 Å². The third kappa shape index (κ3) is 3.34. The molecule has 0 radical (unpaired) electrons. The Hall–Kier alpha value is -2.42. The van der Waals surface area contributed by atoms with Crippen molar-refractivity contribution in [2.75, 3.05) is 23.5 Å². The van der Waals surface area contributed by atoms with Gasteiger partial charge >= 0.3 is 0 Å². The Labute approximate surface area is 134 Å². The fourth-order valence-electron chi connectivity index (χ4n) is 2.16. The van der Waals surface area contributed by atoms with Crippen molar-refractivity contribution in [2.45, 2.75) is 0 Å². The van der Waals surface area contributed by atoms with Gasteiger partial charge in [-0.05, 0) is 12.1 Å². The Morgan fingerprint density at radius 1 is 1.39 bits per heavy atom. The van der Waals surface area contributed by atoms with Crippen LogP contribution in [0.3, 0.4) is 0 Å². The molecule has 9 heteroatoms. The molecule has 2 amide bonds. The Morgan fingerprint density at radius 3 is 2.78 bits per heavy atom. The van der Waals surface area contributed by atoms with Crippen LogP contribution in [0.4, 0.5) is 14.6 Å². The molecular weight excluding hydrogens is 326 g/mol. The average molecular weight is 338 g/mol. The molecule has 1 fully saturated rings. The maximum atomic E-state index is 13.7. The maximum absolute atomic E-state index is 13.7. The second-order valence-electron chi connectivity index (χ2n) is 4.88. The summed E-state index contributed by atoms with van der Waals surface area (Å²) in [6.45, 7) is -0.0813. The van der Waals surface area contributed by atoms with E-state index in [0.717, 1.165) is 12.1 Å². The predicted octanol–water partition coefficient (Wildman–Crippen LogP) is 1.83. The number of H-pyrrole nitrogens is 1. The molecule has 0 atom stereocenters. The summed E-state index contributed by atoms with van der Waals surface area (Å²) < 4.78 is 27.4. The number of thioether (sulfide) groups is 1. The SMILES string of the molecule is O=C(CN1CSCC1=O)Nc1cc(-c2c(F)cccc2F)[nH]n1. The molecule has 1 aliphatic heterocycles. The van der Waals surface area contributed by atoms with Crippen LogP contribution in [-0.2, 0) is 9.59 Å². The molecule has 120 valence electrons. The highest BCUT2D eigenvalue weighted by atomic mass is 32.2. The molecule has 6 nitrogen and oxygen atoms in total. The van der Waals surface area contributed by atoms with E-state index in [1.165, 1.54) is 28.8 Å². The van der Waals surface area contributed by atoms with Gasteiger partial charge in [-0.2, -0.15) is 5.10 Å². The van der Waals surface area contributed by atoms with Gasteiger partial charge in [-0.1, -0.05) is 6.07 Å². The summed E-state index contributed by atoms with van der Waals surface area (Å²) in [5, 5.41) is 8.78. The van der Waals surface area contributed by atoms with Crippen molar-refractivity contribution in [3.05, 3.63) is 35.9 Å². The summed E-state index contributed by atoms with van der Waals surface area (Å²) in [7, 11) is 0. The first kappa shape index (κ1) is 15.5. The number of amides is 2. The van der Waals surface area contributed by atoms with E-state index in [2.05, 4.69) is 15.5 Å². The summed E-state index contributed by atoms with van der Waals surface area (Å²) in [6, 6.07) is 4.86. The van der Waals surface area contributed by atoms with Crippen LogP contribution in [0.5, 0.6) is 0 Å². The number of carbonyl (C=O) groups excluding carboxylic acids is 2. The fourth-order valence-corrected chi connectivity index (χ4v) is 3.07. The number of anilines is 1. The van der Waals surface area contributed by atoms with Crippen molar-refractivity contribution in [3.63, 3.8) is 0 Å². The van der Waals surface area contributed by atoms with E-state index in [-0.39, 0.29) is 29.5 Å². The van der Waals surface area contributed by atoms with Crippen LogP contribution in [0, 0.1) is 11.6 Å². The van der Waals surface area contributed by atoms with E-state index in [4.69, 9.17) is 0 Å². The molecule has 1 aromatic carbocycles. The molecule has 2 heterocycles. The van der Waals surface area contributed by atoms with Crippen LogP contribution >= 0.6 is 11.8 Å². The number of halogens is 2. The van der Waals surface area contributed by atoms with Crippen molar-refractivity contribution in [1.82, 2.24) is 15.1 Å². The highest BCUT2D eigenvalue weighted by molar-refractivity contribution is 8.00. The van der Waals surface area contributed by atoms with E-state index in [1.807, 2.05) is 0 Å². The minimum absolute atomic E-state index is 0.0813. The van der Waals surface area contributed by atoms with Crippen LogP contribution in [-0.4, -0.2) is 45.1 Å². The highest BCUT2D eigenvalue weighted by Gasteiger charge is 2.23. The molecule has 2 aromatic rings.